The average molecular weight is 353 g/mol. The molecule has 1 aromatic rings. The van der Waals surface area contributed by atoms with E-state index in [-0.39, 0.29) is 17.0 Å². The second-order valence-corrected chi connectivity index (χ2v) is 9.09. The maximum absolute atomic E-state index is 12.1. The van der Waals surface area contributed by atoms with Gasteiger partial charge >= 0.3 is 0 Å². The van der Waals surface area contributed by atoms with E-state index in [1.54, 1.807) is 25.6 Å². The first-order chi connectivity index (χ1) is 8.25. The number of rotatable bonds is 5. The summed E-state index contributed by atoms with van der Waals surface area (Å²) in [5.74, 6) is 0.586. The molecule has 0 fully saturated rings. The Morgan fingerprint density at radius 3 is 2.72 bits per heavy atom. The highest BCUT2D eigenvalue weighted by Crippen LogP contribution is 2.45. The summed E-state index contributed by atoms with van der Waals surface area (Å²) in [5.41, 5.74) is -0.127. The first kappa shape index (κ1) is 15.7. The van der Waals surface area contributed by atoms with Crippen LogP contribution < -0.4 is 5.32 Å². The van der Waals surface area contributed by atoms with Gasteiger partial charge in [0.15, 0.2) is 0 Å². The van der Waals surface area contributed by atoms with E-state index in [1.165, 1.54) is 0 Å². The Morgan fingerprint density at radius 1 is 1.61 bits per heavy atom. The lowest BCUT2D eigenvalue weighted by atomic mass is 10.2. The Bertz CT molecular complexity index is 491. The van der Waals surface area contributed by atoms with Gasteiger partial charge in [-0.15, -0.1) is 6.58 Å². The number of nitrogens with zero attached hydrogens (tertiary/aromatic N) is 2. The molecule has 100 valence electrons. The molecular formula is C11H16BrClN3OP. The molecule has 4 nitrogen and oxygen atoms in total. The van der Waals surface area contributed by atoms with Gasteiger partial charge < -0.3 is 9.88 Å². The number of anilines is 1. The molecule has 0 aliphatic rings. The van der Waals surface area contributed by atoms with Crippen LogP contribution in [0.15, 0.2) is 23.3 Å². The molecule has 1 rings (SSSR count). The fraction of sp³-hybridized carbons (Fsp3) is 0.455. The zero-order chi connectivity index (χ0) is 13.9. The average Bonchev–Trinajstić information content (AvgIpc) is 2.22. The van der Waals surface area contributed by atoms with Crippen LogP contribution in [0.2, 0.25) is 5.28 Å². The van der Waals surface area contributed by atoms with Crippen LogP contribution in [0, 0.1) is 0 Å². The Morgan fingerprint density at radius 2 is 2.22 bits per heavy atom. The fourth-order valence-corrected chi connectivity index (χ4v) is 3.84. The Labute approximate surface area is 121 Å². The van der Waals surface area contributed by atoms with Crippen molar-refractivity contribution in [2.45, 2.75) is 18.6 Å². The third-order valence-electron chi connectivity index (χ3n) is 2.55. The standard InChI is InChI=1S/C11H16BrClN3OP/c1-5-9(18(3,4)17)7(2)15-10-8(12)6-14-11(13)16-10/h5-7,9H,1H2,2-4H3,(H,14,15,16). The molecule has 2 unspecified atom stereocenters. The summed E-state index contributed by atoms with van der Waals surface area (Å²) in [4.78, 5) is 7.94. The Kier molecular flexibility index (Phi) is 5.38. The van der Waals surface area contributed by atoms with E-state index < -0.39 is 7.14 Å². The zero-order valence-corrected chi connectivity index (χ0v) is 13.8. The summed E-state index contributed by atoms with van der Waals surface area (Å²) >= 11 is 9.09. The van der Waals surface area contributed by atoms with Crippen LogP contribution in [0.1, 0.15) is 6.92 Å². The Hall–Kier alpha value is -0.380. The molecule has 0 aliphatic carbocycles. The quantitative estimate of drug-likeness (QED) is 0.496. The van der Waals surface area contributed by atoms with Gasteiger partial charge in [-0.3, -0.25) is 0 Å². The number of halogens is 2. The normalized spacial score (nSPS) is 14.9. The highest BCUT2D eigenvalue weighted by Gasteiger charge is 2.26. The van der Waals surface area contributed by atoms with Crippen molar-refractivity contribution >= 4 is 40.5 Å². The van der Waals surface area contributed by atoms with Crippen molar-refractivity contribution in [2.75, 3.05) is 18.6 Å². The Balaban J connectivity index is 2.93. The van der Waals surface area contributed by atoms with Crippen molar-refractivity contribution in [3.05, 3.63) is 28.6 Å². The largest absolute Gasteiger partial charge is 0.365 e. The molecule has 0 saturated heterocycles. The molecule has 0 amide bonds. The van der Waals surface area contributed by atoms with Crippen LogP contribution in [0.25, 0.3) is 0 Å². The smallest absolute Gasteiger partial charge is 0.224 e. The van der Waals surface area contributed by atoms with E-state index in [9.17, 15) is 4.57 Å². The van der Waals surface area contributed by atoms with Crippen LogP contribution in [0.4, 0.5) is 5.82 Å². The molecule has 0 radical (unpaired) electrons. The van der Waals surface area contributed by atoms with Crippen molar-refractivity contribution in [3.63, 3.8) is 0 Å². The second kappa shape index (κ2) is 6.18. The van der Waals surface area contributed by atoms with Crippen molar-refractivity contribution < 1.29 is 4.57 Å². The summed E-state index contributed by atoms with van der Waals surface area (Å²) in [6.45, 7) is 9.19. The molecule has 1 aromatic heterocycles. The maximum atomic E-state index is 12.1. The van der Waals surface area contributed by atoms with Crippen molar-refractivity contribution in [1.82, 2.24) is 9.97 Å². The second-order valence-electron chi connectivity index (χ2n) is 4.43. The number of nitrogens with one attached hydrogen (secondary N) is 1. The molecule has 1 heterocycles. The number of hydrogen-bond donors (Lipinski definition) is 1. The van der Waals surface area contributed by atoms with Gasteiger partial charge in [0.2, 0.25) is 5.28 Å². The van der Waals surface area contributed by atoms with Gasteiger partial charge in [-0.05, 0) is 47.8 Å². The van der Waals surface area contributed by atoms with E-state index in [2.05, 4.69) is 37.8 Å². The first-order valence-corrected chi connectivity index (χ1v) is 9.21. The van der Waals surface area contributed by atoms with Crippen LogP contribution >= 0.6 is 34.7 Å². The van der Waals surface area contributed by atoms with Gasteiger partial charge in [0.25, 0.3) is 0 Å². The minimum Gasteiger partial charge on any atom is -0.365 e. The van der Waals surface area contributed by atoms with Crippen molar-refractivity contribution in [2.24, 2.45) is 0 Å². The topological polar surface area (TPSA) is 54.9 Å². The summed E-state index contributed by atoms with van der Waals surface area (Å²) in [6, 6.07) is -0.0643. The maximum Gasteiger partial charge on any atom is 0.224 e. The third-order valence-corrected chi connectivity index (χ3v) is 5.41. The highest BCUT2D eigenvalue weighted by molar-refractivity contribution is 9.10. The SMILES string of the molecule is C=CC(C(C)Nc1nc(Cl)ncc1Br)P(C)(C)=O. The zero-order valence-electron chi connectivity index (χ0n) is 10.5. The molecule has 0 bridgehead atoms. The highest BCUT2D eigenvalue weighted by atomic mass is 79.9. The molecule has 18 heavy (non-hydrogen) atoms. The van der Waals surface area contributed by atoms with Gasteiger partial charge in [-0.2, -0.15) is 4.98 Å². The predicted molar refractivity (Wildman–Crippen MR) is 81.3 cm³/mol. The molecule has 0 aliphatic heterocycles. The summed E-state index contributed by atoms with van der Waals surface area (Å²) in [5, 5.41) is 3.35. The molecule has 0 aromatic carbocycles. The lowest BCUT2D eigenvalue weighted by Crippen LogP contribution is -2.29. The van der Waals surface area contributed by atoms with Gasteiger partial charge in [0, 0.05) is 17.9 Å². The minimum atomic E-state index is -2.27. The minimum absolute atomic E-state index is 0.0643. The lowest BCUT2D eigenvalue weighted by molar-refractivity contribution is 0.572. The van der Waals surface area contributed by atoms with E-state index in [0.717, 1.165) is 0 Å². The van der Waals surface area contributed by atoms with E-state index in [4.69, 9.17) is 11.6 Å². The number of hydrogen-bond acceptors (Lipinski definition) is 4. The molecule has 7 heteroatoms. The summed E-state index contributed by atoms with van der Waals surface area (Å²) in [7, 11) is -2.27. The molecule has 0 saturated carbocycles. The van der Waals surface area contributed by atoms with Crippen LogP contribution in [0.3, 0.4) is 0 Å². The third kappa shape index (κ3) is 4.08. The van der Waals surface area contributed by atoms with Crippen LogP contribution in [0.5, 0.6) is 0 Å². The van der Waals surface area contributed by atoms with Crippen LogP contribution in [-0.2, 0) is 4.57 Å². The van der Waals surface area contributed by atoms with Crippen molar-refractivity contribution in [3.8, 4) is 0 Å². The van der Waals surface area contributed by atoms with Gasteiger partial charge in [0.1, 0.15) is 5.82 Å². The van der Waals surface area contributed by atoms with Gasteiger partial charge in [0.05, 0.1) is 11.6 Å². The summed E-state index contributed by atoms with van der Waals surface area (Å²) < 4.78 is 12.9. The molecule has 2 atom stereocenters. The lowest BCUT2D eigenvalue weighted by Gasteiger charge is -2.26. The molecule has 0 spiro atoms. The van der Waals surface area contributed by atoms with Crippen LogP contribution in [-0.4, -0.2) is 35.0 Å². The van der Waals surface area contributed by atoms with E-state index in [1.807, 2.05) is 6.92 Å². The summed E-state index contributed by atoms with van der Waals surface area (Å²) in [6.07, 6.45) is 3.29. The van der Waals surface area contributed by atoms with Gasteiger partial charge in [-0.1, -0.05) is 6.08 Å². The molecule has 1 N–H and O–H groups in total. The fourth-order valence-electron chi connectivity index (χ4n) is 1.74. The first-order valence-electron chi connectivity index (χ1n) is 5.37. The number of aromatic nitrogens is 2. The van der Waals surface area contributed by atoms with Gasteiger partial charge in [-0.25, -0.2) is 4.98 Å². The monoisotopic (exact) mass is 351 g/mol. The van der Waals surface area contributed by atoms with E-state index >= 15 is 0 Å². The predicted octanol–water partition coefficient (Wildman–Crippen LogP) is 3.87. The van der Waals surface area contributed by atoms with Crippen molar-refractivity contribution in [1.29, 1.82) is 0 Å². The molecular weight excluding hydrogens is 336 g/mol. The van der Waals surface area contributed by atoms with E-state index in [0.29, 0.717) is 10.3 Å².